The highest BCUT2D eigenvalue weighted by Gasteiger charge is 2.21. The lowest BCUT2D eigenvalue weighted by molar-refractivity contribution is 0.0383. The topological polar surface area (TPSA) is 93.6 Å². The van der Waals surface area contributed by atoms with Crippen molar-refractivity contribution in [2.45, 2.75) is 33.8 Å². The zero-order chi connectivity index (χ0) is 17.7. The van der Waals surface area contributed by atoms with Gasteiger partial charge in [-0.05, 0) is 33.3 Å². The van der Waals surface area contributed by atoms with Crippen molar-refractivity contribution in [1.29, 1.82) is 0 Å². The molecule has 0 atom stereocenters. The molecule has 0 aliphatic heterocycles. The lowest BCUT2D eigenvalue weighted by Crippen LogP contribution is -2.13. The number of hydrogen-bond acceptors (Lipinski definition) is 8. The first-order chi connectivity index (χ1) is 11.4. The van der Waals surface area contributed by atoms with Crippen molar-refractivity contribution in [2.24, 2.45) is 0 Å². The Balaban J connectivity index is 2.27. The number of esters is 1. The van der Waals surface area contributed by atoms with Gasteiger partial charge in [-0.1, -0.05) is 0 Å². The van der Waals surface area contributed by atoms with E-state index in [0.717, 1.165) is 15.8 Å². The number of rotatable bonds is 8. The van der Waals surface area contributed by atoms with Crippen LogP contribution in [0.5, 0.6) is 0 Å². The first kappa shape index (κ1) is 18.6. The van der Waals surface area contributed by atoms with Crippen molar-refractivity contribution in [2.75, 3.05) is 31.7 Å². The normalized spacial score (nSPS) is 11.2. The van der Waals surface area contributed by atoms with Crippen LogP contribution in [0.25, 0.3) is 10.2 Å². The number of thiophene rings is 1. The minimum absolute atomic E-state index is 0.00181. The number of aryl methyl sites for hydroxylation is 2. The number of hydrogen-bond donors (Lipinski definition) is 2. The van der Waals surface area contributed by atoms with Crippen molar-refractivity contribution >= 4 is 33.3 Å². The Morgan fingerprint density at radius 2 is 2.04 bits per heavy atom. The number of carbonyl (C=O) groups excluding carboxylic acids is 1. The van der Waals surface area contributed by atoms with E-state index in [1.807, 2.05) is 27.7 Å². The Kier molecular flexibility index (Phi) is 6.47. The lowest BCUT2D eigenvalue weighted by atomic mass is 10.2. The molecule has 0 unspecified atom stereocenters. The largest absolute Gasteiger partial charge is 0.459 e. The fourth-order valence-electron chi connectivity index (χ4n) is 2.24. The molecule has 2 aromatic heterocycles. The molecular weight excluding hydrogens is 330 g/mol. The number of fused-ring (bicyclic) bond motifs is 1. The molecule has 2 N–H and O–H groups in total. The third kappa shape index (κ3) is 4.40. The van der Waals surface area contributed by atoms with Crippen LogP contribution in [-0.4, -0.2) is 53.5 Å². The van der Waals surface area contributed by atoms with Gasteiger partial charge in [0.1, 0.15) is 21.3 Å². The summed E-state index contributed by atoms with van der Waals surface area (Å²) < 4.78 is 10.5. The minimum Gasteiger partial charge on any atom is -0.459 e. The molecule has 8 heteroatoms. The summed E-state index contributed by atoms with van der Waals surface area (Å²) in [4.78, 5) is 22.4. The fourth-order valence-corrected chi connectivity index (χ4v) is 3.35. The Hall–Kier alpha value is -1.77. The fraction of sp³-hybridized carbons (Fsp3) is 0.562. The van der Waals surface area contributed by atoms with E-state index in [4.69, 9.17) is 14.6 Å². The molecule has 7 nitrogen and oxygen atoms in total. The summed E-state index contributed by atoms with van der Waals surface area (Å²) in [6.07, 6.45) is -0.170. The summed E-state index contributed by atoms with van der Waals surface area (Å²) in [5.74, 6) is 0.981. The van der Waals surface area contributed by atoms with E-state index in [1.165, 1.54) is 11.3 Å². The molecule has 0 spiro atoms. The van der Waals surface area contributed by atoms with Crippen LogP contribution in [0.15, 0.2) is 0 Å². The maximum absolute atomic E-state index is 12.3. The Morgan fingerprint density at radius 1 is 1.29 bits per heavy atom. The number of ether oxygens (including phenoxy) is 2. The highest BCUT2D eigenvalue weighted by atomic mass is 32.1. The molecule has 0 aliphatic carbocycles. The third-order valence-electron chi connectivity index (χ3n) is 3.20. The second-order valence-corrected chi connectivity index (χ2v) is 6.57. The molecular formula is C16H23N3O4S. The van der Waals surface area contributed by atoms with Gasteiger partial charge in [-0.25, -0.2) is 14.8 Å². The lowest BCUT2D eigenvalue weighted by Gasteiger charge is -2.09. The molecule has 0 amide bonds. The predicted octanol–water partition coefficient (Wildman–Crippen LogP) is 2.29. The molecule has 24 heavy (non-hydrogen) atoms. The SMILES string of the molecule is Cc1nc(NCCOCCO)c2c(C)c(C(=O)OC(C)C)sc2n1. The number of nitrogens with one attached hydrogen (secondary N) is 1. The van der Waals surface area contributed by atoms with Gasteiger partial charge < -0.3 is 19.9 Å². The van der Waals surface area contributed by atoms with Crippen LogP contribution in [0.4, 0.5) is 5.82 Å². The number of anilines is 1. The van der Waals surface area contributed by atoms with Crippen molar-refractivity contribution in [3.05, 3.63) is 16.3 Å². The summed E-state index contributed by atoms with van der Waals surface area (Å²) in [6.45, 7) is 8.65. The molecule has 132 valence electrons. The highest BCUT2D eigenvalue weighted by Crippen LogP contribution is 2.34. The molecule has 0 aromatic carbocycles. The number of aliphatic hydroxyl groups excluding tert-OH is 1. The van der Waals surface area contributed by atoms with Crippen LogP contribution in [-0.2, 0) is 9.47 Å². The van der Waals surface area contributed by atoms with Gasteiger partial charge >= 0.3 is 5.97 Å². The summed E-state index contributed by atoms with van der Waals surface area (Å²) in [5, 5.41) is 12.8. The second-order valence-electron chi connectivity index (χ2n) is 5.57. The molecule has 0 saturated carbocycles. The quantitative estimate of drug-likeness (QED) is 0.555. The number of carbonyl (C=O) groups is 1. The smallest absolute Gasteiger partial charge is 0.348 e. The van der Waals surface area contributed by atoms with Gasteiger partial charge in [0.05, 0.1) is 31.3 Å². The van der Waals surface area contributed by atoms with Crippen LogP contribution in [0.1, 0.15) is 34.9 Å². The summed E-state index contributed by atoms with van der Waals surface area (Å²) in [6, 6.07) is 0. The summed E-state index contributed by atoms with van der Waals surface area (Å²) in [5.41, 5.74) is 0.819. The first-order valence-electron chi connectivity index (χ1n) is 7.85. The Bertz CT molecular complexity index is 715. The van der Waals surface area contributed by atoms with Crippen LogP contribution in [0, 0.1) is 13.8 Å². The van der Waals surface area contributed by atoms with E-state index < -0.39 is 0 Å². The zero-order valence-corrected chi connectivity index (χ0v) is 15.2. The van der Waals surface area contributed by atoms with Crippen LogP contribution >= 0.6 is 11.3 Å². The zero-order valence-electron chi connectivity index (χ0n) is 14.4. The number of nitrogens with zero attached hydrogens (tertiary/aromatic N) is 2. The molecule has 0 bridgehead atoms. The molecule has 0 fully saturated rings. The van der Waals surface area contributed by atoms with Gasteiger partial charge in [0, 0.05) is 6.54 Å². The van der Waals surface area contributed by atoms with Gasteiger partial charge in [-0.2, -0.15) is 0 Å². The summed E-state index contributed by atoms with van der Waals surface area (Å²) in [7, 11) is 0. The van der Waals surface area contributed by atoms with Crippen molar-refractivity contribution in [3.63, 3.8) is 0 Å². The van der Waals surface area contributed by atoms with Crippen molar-refractivity contribution < 1.29 is 19.4 Å². The number of aromatic nitrogens is 2. The maximum Gasteiger partial charge on any atom is 0.348 e. The average molecular weight is 353 g/mol. The van der Waals surface area contributed by atoms with Crippen LogP contribution < -0.4 is 5.32 Å². The van der Waals surface area contributed by atoms with Gasteiger partial charge in [-0.15, -0.1) is 11.3 Å². The molecule has 0 radical (unpaired) electrons. The number of aliphatic hydroxyl groups is 1. The van der Waals surface area contributed by atoms with E-state index in [1.54, 1.807) is 0 Å². The van der Waals surface area contributed by atoms with E-state index >= 15 is 0 Å². The van der Waals surface area contributed by atoms with E-state index in [2.05, 4.69) is 15.3 Å². The molecule has 0 aliphatic rings. The van der Waals surface area contributed by atoms with Gasteiger partial charge in [-0.3, -0.25) is 0 Å². The highest BCUT2D eigenvalue weighted by molar-refractivity contribution is 7.20. The average Bonchev–Trinajstić information content (AvgIpc) is 2.83. The molecule has 2 aromatic rings. The predicted molar refractivity (Wildman–Crippen MR) is 93.8 cm³/mol. The van der Waals surface area contributed by atoms with Gasteiger partial charge in [0.2, 0.25) is 0 Å². The molecule has 2 rings (SSSR count). The van der Waals surface area contributed by atoms with E-state index in [9.17, 15) is 4.79 Å². The van der Waals surface area contributed by atoms with E-state index in [0.29, 0.717) is 36.3 Å². The molecule has 0 saturated heterocycles. The van der Waals surface area contributed by atoms with Crippen molar-refractivity contribution in [1.82, 2.24) is 9.97 Å². The molecule has 2 heterocycles. The minimum atomic E-state index is -0.333. The maximum atomic E-state index is 12.3. The van der Waals surface area contributed by atoms with Crippen LogP contribution in [0.3, 0.4) is 0 Å². The Labute approximate surface area is 145 Å². The Morgan fingerprint density at radius 3 is 2.71 bits per heavy atom. The standard InChI is InChI=1S/C16H23N3O4S/c1-9(2)23-16(21)13-10(3)12-14(17-5-7-22-8-6-20)18-11(4)19-15(12)24-13/h9,20H,5-8H2,1-4H3,(H,17,18,19). The second kappa shape index (κ2) is 8.36. The van der Waals surface area contributed by atoms with E-state index in [-0.39, 0.29) is 18.7 Å². The summed E-state index contributed by atoms with van der Waals surface area (Å²) >= 11 is 1.32. The first-order valence-corrected chi connectivity index (χ1v) is 8.66. The van der Waals surface area contributed by atoms with Crippen LogP contribution in [0.2, 0.25) is 0 Å². The van der Waals surface area contributed by atoms with Gasteiger partial charge in [0.15, 0.2) is 0 Å². The monoisotopic (exact) mass is 353 g/mol. The van der Waals surface area contributed by atoms with Gasteiger partial charge in [0.25, 0.3) is 0 Å². The van der Waals surface area contributed by atoms with Crippen molar-refractivity contribution in [3.8, 4) is 0 Å². The third-order valence-corrected chi connectivity index (χ3v) is 4.37.